The number of nitrogens with one attached hydrogen (secondary N) is 2. The van der Waals surface area contributed by atoms with E-state index in [4.69, 9.17) is 0 Å². The molecule has 0 aliphatic rings. The molecule has 1 unspecified atom stereocenters. The van der Waals surface area contributed by atoms with E-state index in [1.807, 2.05) is 0 Å². The zero-order valence-corrected chi connectivity index (χ0v) is 11.9. The van der Waals surface area contributed by atoms with Gasteiger partial charge >= 0.3 is 0 Å². The molecule has 2 nitrogen and oxygen atoms in total. The molecule has 0 heterocycles. The number of likely N-dealkylation sites (N-methyl/N-ethyl adjacent to an activating group) is 1. The lowest BCUT2D eigenvalue weighted by Gasteiger charge is -2.15. The van der Waals surface area contributed by atoms with Crippen LogP contribution in [0.3, 0.4) is 0 Å². The van der Waals surface area contributed by atoms with E-state index in [2.05, 4.69) is 65.5 Å². The average molecular weight is 285 g/mol. The molecule has 90 valence electrons. The standard InChI is InChI=1S/C13H21BrN2/c1-4-15-8-11(3)16-9-12-7-10(2)5-6-13(12)14/h5-7,11,15-16H,4,8-9H2,1-3H3. The highest BCUT2D eigenvalue weighted by atomic mass is 79.9. The second-order valence-electron chi connectivity index (χ2n) is 4.18. The van der Waals surface area contributed by atoms with Crippen LogP contribution in [0.25, 0.3) is 0 Å². The molecule has 0 amide bonds. The fourth-order valence-corrected chi connectivity index (χ4v) is 1.94. The normalized spacial score (nSPS) is 12.8. The second-order valence-corrected chi connectivity index (χ2v) is 5.04. The van der Waals surface area contributed by atoms with Gasteiger partial charge in [-0.2, -0.15) is 0 Å². The molecule has 0 bridgehead atoms. The Balaban J connectivity index is 2.44. The monoisotopic (exact) mass is 284 g/mol. The van der Waals surface area contributed by atoms with Gasteiger partial charge in [0.15, 0.2) is 0 Å². The Morgan fingerprint density at radius 3 is 2.81 bits per heavy atom. The Bertz CT molecular complexity index is 326. The van der Waals surface area contributed by atoms with Crippen molar-refractivity contribution in [3.63, 3.8) is 0 Å². The third-order valence-corrected chi connectivity index (χ3v) is 3.32. The molecule has 1 aromatic rings. The predicted octanol–water partition coefficient (Wildman–Crippen LogP) is 2.85. The van der Waals surface area contributed by atoms with Crippen molar-refractivity contribution in [1.29, 1.82) is 0 Å². The Kier molecular flexibility index (Phi) is 6.03. The van der Waals surface area contributed by atoms with Crippen molar-refractivity contribution in [3.05, 3.63) is 33.8 Å². The van der Waals surface area contributed by atoms with E-state index in [0.29, 0.717) is 6.04 Å². The largest absolute Gasteiger partial charge is 0.315 e. The van der Waals surface area contributed by atoms with Gasteiger partial charge in [-0.1, -0.05) is 40.5 Å². The average Bonchev–Trinajstić information content (AvgIpc) is 2.27. The molecule has 0 aliphatic heterocycles. The molecular weight excluding hydrogens is 264 g/mol. The number of aryl methyl sites for hydroxylation is 1. The van der Waals surface area contributed by atoms with E-state index >= 15 is 0 Å². The van der Waals surface area contributed by atoms with Crippen LogP contribution in [0, 0.1) is 6.92 Å². The number of hydrogen-bond donors (Lipinski definition) is 2. The molecular formula is C13H21BrN2. The first-order valence-corrected chi connectivity index (χ1v) is 6.62. The van der Waals surface area contributed by atoms with E-state index in [1.54, 1.807) is 0 Å². The molecule has 1 atom stereocenters. The van der Waals surface area contributed by atoms with Gasteiger partial charge in [0.05, 0.1) is 0 Å². The van der Waals surface area contributed by atoms with Crippen LogP contribution in [0.1, 0.15) is 25.0 Å². The zero-order valence-electron chi connectivity index (χ0n) is 10.3. The SMILES string of the molecule is CCNCC(C)NCc1cc(C)ccc1Br. The Hall–Kier alpha value is -0.380. The van der Waals surface area contributed by atoms with Crippen molar-refractivity contribution in [2.24, 2.45) is 0 Å². The molecule has 1 rings (SSSR count). The molecule has 2 N–H and O–H groups in total. The highest BCUT2D eigenvalue weighted by molar-refractivity contribution is 9.10. The number of rotatable bonds is 6. The quantitative estimate of drug-likeness (QED) is 0.840. The minimum absolute atomic E-state index is 0.493. The van der Waals surface area contributed by atoms with Crippen molar-refractivity contribution in [2.45, 2.75) is 33.4 Å². The summed E-state index contributed by atoms with van der Waals surface area (Å²) in [6.45, 7) is 9.41. The third kappa shape index (κ3) is 4.64. The van der Waals surface area contributed by atoms with Crippen LogP contribution in [0.2, 0.25) is 0 Å². The first-order chi connectivity index (χ1) is 7.63. The summed E-state index contributed by atoms with van der Waals surface area (Å²) in [6.07, 6.45) is 0. The summed E-state index contributed by atoms with van der Waals surface area (Å²) in [5, 5.41) is 6.85. The van der Waals surface area contributed by atoms with Crippen LogP contribution in [-0.2, 0) is 6.54 Å². The van der Waals surface area contributed by atoms with Gasteiger partial charge in [0.1, 0.15) is 0 Å². The van der Waals surface area contributed by atoms with E-state index in [0.717, 1.165) is 19.6 Å². The van der Waals surface area contributed by atoms with Crippen LogP contribution >= 0.6 is 15.9 Å². The molecule has 0 saturated heterocycles. The van der Waals surface area contributed by atoms with Crippen molar-refractivity contribution in [1.82, 2.24) is 10.6 Å². The second kappa shape index (κ2) is 7.05. The maximum atomic E-state index is 3.58. The first kappa shape index (κ1) is 13.7. The van der Waals surface area contributed by atoms with Gasteiger partial charge in [0.2, 0.25) is 0 Å². The van der Waals surface area contributed by atoms with Crippen molar-refractivity contribution < 1.29 is 0 Å². The van der Waals surface area contributed by atoms with Gasteiger partial charge in [0.25, 0.3) is 0 Å². The van der Waals surface area contributed by atoms with E-state index in [-0.39, 0.29) is 0 Å². The summed E-state index contributed by atoms with van der Waals surface area (Å²) in [6, 6.07) is 6.95. The predicted molar refractivity (Wildman–Crippen MR) is 73.7 cm³/mol. The summed E-state index contributed by atoms with van der Waals surface area (Å²) in [4.78, 5) is 0. The minimum atomic E-state index is 0.493. The Labute approximate surface area is 107 Å². The molecule has 3 heteroatoms. The fraction of sp³-hybridized carbons (Fsp3) is 0.538. The molecule has 1 aromatic carbocycles. The lowest BCUT2D eigenvalue weighted by molar-refractivity contribution is 0.508. The first-order valence-electron chi connectivity index (χ1n) is 5.82. The van der Waals surface area contributed by atoms with Crippen molar-refractivity contribution in [3.8, 4) is 0 Å². The number of hydrogen-bond acceptors (Lipinski definition) is 2. The van der Waals surface area contributed by atoms with Gasteiger partial charge < -0.3 is 10.6 Å². The molecule has 0 aromatic heterocycles. The third-order valence-electron chi connectivity index (χ3n) is 2.54. The van der Waals surface area contributed by atoms with Crippen LogP contribution in [0.5, 0.6) is 0 Å². The van der Waals surface area contributed by atoms with Crippen LogP contribution in [0.15, 0.2) is 22.7 Å². The lowest BCUT2D eigenvalue weighted by Crippen LogP contribution is -2.35. The minimum Gasteiger partial charge on any atom is -0.315 e. The molecule has 16 heavy (non-hydrogen) atoms. The van der Waals surface area contributed by atoms with E-state index < -0.39 is 0 Å². The van der Waals surface area contributed by atoms with Gasteiger partial charge in [-0.25, -0.2) is 0 Å². The highest BCUT2D eigenvalue weighted by Gasteiger charge is 2.03. The summed E-state index contributed by atoms with van der Waals surface area (Å²) in [7, 11) is 0. The highest BCUT2D eigenvalue weighted by Crippen LogP contribution is 2.17. The molecule has 0 saturated carbocycles. The molecule has 0 radical (unpaired) electrons. The molecule has 0 aliphatic carbocycles. The smallest absolute Gasteiger partial charge is 0.0220 e. The molecule has 0 fully saturated rings. The molecule has 0 spiro atoms. The number of benzene rings is 1. The van der Waals surface area contributed by atoms with Crippen LogP contribution in [-0.4, -0.2) is 19.1 Å². The van der Waals surface area contributed by atoms with Gasteiger partial charge in [-0.05, 0) is 32.0 Å². The Morgan fingerprint density at radius 2 is 2.12 bits per heavy atom. The summed E-state index contributed by atoms with van der Waals surface area (Å²) in [5.41, 5.74) is 2.63. The maximum absolute atomic E-state index is 3.58. The summed E-state index contributed by atoms with van der Waals surface area (Å²) >= 11 is 3.58. The summed E-state index contributed by atoms with van der Waals surface area (Å²) in [5.74, 6) is 0. The van der Waals surface area contributed by atoms with Gasteiger partial charge in [-0.15, -0.1) is 0 Å². The summed E-state index contributed by atoms with van der Waals surface area (Å²) < 4.78 is 1.18. The number of halogens is 1. The Morgan fingerprint density at radius 1 is 1.38 bits per heavy atom. The van der Waals surface area contributed by atoms with E-state index in [9.17, 15) is 0 Å². The van der Waals surface area contributed by atoms with Crippen molar-refractivity contribution in [2.75, 3.05) is 13.1 Å². The zero-order chi connectivity index (χ0) is 12.0. The topological polar surface area (TPSA) is 24.1 Å². The van der Waals surface area contributed by atoms with Gasteiger partial charge in [0, 0.05) is 23.6 Å². The maximum Gasteiger partial charge on any atom is 0.0220 e. The van der Waals surface area contributed by atoms with Crippen LogP contribution in [0.4, 0.5) is 0 Å². The van der Waals surface area contributed by atoms with Crippen molar-refractivity contribution >= 4 is 15.9 Å². The van der Waals surface area contributed by atoms with Crippen LogP contribution < -0.4 is 10.6 Å². The van der Waals surface area contributed by atoms with E-state index in [1.165, 1.54) is 15.6 Å². The lowest BCUT2D eigenvalue weighted by atomic mass is 10.1. The fourth-order valence-electron chi connectivity index (χ4n) is 1.56. The van der Waals surface area contributed by atoms with Gasteiger partial charge in [-0.3, -0.25) is 0 Å².